The molecule has 4 rings (SSSR count). The summed E-state index contributed by atoms with van der Waals surface area (Å²) >= 11 is 0. The van der Waals surface area contributed by atoms with Crippen LogP contribution in [0.2, 0.25) is 0 Å². The van der Waals surface area contributed by atoms with Gasteiger partial charge in [0.15, 0.2) is 6.61 Å². The van der Waals surface area contributed by atoms with Crippen molar-refractivity contribution in [3.63, 3.8) is 0 Å². The number of carbonyl (C=O) groups excluding carboxylic acids is 2. The van der Waals surface area contributed by atoms with Gasteiger partial charge in [-0.05, 0) is 55.9 Å². The van der Waals surface area contributed by atoms with E-state index in [2.05, 4.69) is 33.5 Å². The van der Waals surface area contributed by atoms with Crippen LogP contribution in [0.25, 0.3) is 0 Å². The number of hydrogen-bond acceptors (Lipinski definition) is 5. The lowest BCUT2D eigenvalue weighted by Gasteiger charge is -2.34. The summed E-state index contributed by atoms with van der Waals surface area (Å²) in [5.41, 5.74) is 4.06. The van der Waals surface area contributed by atoms with Crippen molar-refractivity contribution in [1.82, 2.24) is 4.90 Å². The molecule has 0 aromatic heterocycles. The maximum Gasteiger partial charge on any atom is 0.262 e. The topological polar surface area (TPSA) is 73.9 Å². The van der Waals surface area contributed by atoms with E-state index in [-0.39, 0.29) is 18.4 Å². The van der Waals surface area contributed by atoms with Gasteiger partial charge in [-0.25, -0.2) is 0 Å². The number of piperazine rings is 1. The van der Waals surface area contributed by atoms with Gasteiger partial charge in [-0.2, -0.15) is 0 Å². The van der Waals surface area contributed by atoms with Gasteiger partial charge in [-0.1, -0.05) is 0 Å². The molecule has 0 aliphatic carbocycles. The van der Waals surface area contributed by atoms with E-state index in [0.29, 0.717) is 17.0 Å². The third kappa shape index (κ3) is 3.94. The van der Waals surface area contributed by atoms with Crippen LogP contribution in [0.15, 0.2) is 36.4 Å². The number of aryl methyl sites for hydroxylation is 1. The first-order valence-electron chi connectivity index (χ1n) is 9.41. The van der Waals surface area contributed by atoms with E-state index < -0.39 is 0 Å². The van der Waals surface area contributed by atoms with Crippen LogP contribution in [0, 0.1) is 6.92 Å². The van der Waals surface area contributed by atoms with Crippen LogP contribution >= 0.6 is 0 Å². The normalized spacial score (nSPS) is 16.8. The zero-order chi connectivity index (χ0) is 19.7. The van der Waals surface area contributed by atoms with Gasteiger partial charge in [0.2, 0.25) is 0 Å². The van der Waals surface area contributed by atoms with Crippen molar-refractivity contribution in [2.45, 2.75) is 6.92 Å². The van der Waals surface area contributed by atoms with Gasteiger partial charge in [0.1, 0.15) is 5.75 Å². The van der Waals surface area contributed by atoms with Gasteiger partial charge < -0.3 is 25.2 Å². The Bertz CT molecular complexity index is 920. The number of amides is 2. The fraction of sp³-hybridized carbons (Fsp3) is 0.333. The van der Waals surface area contributed by atoms with Crippen molar-refractivity contribution >= 4 is 28.9 Å². The number of anilines is 3. The molecule has 0 saturated carbocycles. The number of nitrogens with one attached hydrogen (secondary N) is 2. The molecule has 0 spiro atoms. The number of carbonyl (C=O) groups is 2. The molecule has 0 bridgehead atoms. The fourth-order valence-corrected chi connectivity index (χ4v) is 3.50. The molecule has 2 aromatic carbocycles. The number of nitrogens with zero attached hydrogens (tertiary/aromatic N) is 2. The molecule has 1 fully saturated rings. The SMILES string of the molecule is Cc1cc(NC(=O)c2ccc3c(c2)OCC(=O)N3)cc(N2CCN(C)CC2)c1. The minimum Gasteiger partial charge on any atom is -0.482 e. The lowest BCUT2D eigenvalue weighted by Crippen LogP contribution is -2.44. The van der Waals surface area contributed by atoms with E-state index in [9.17, 15) is 9.59 Å². The highest BCUT2D eigenvalue weighted by Crippen LogP contribution is 2.29. The summed E-state index contributed by atoms with van der Waals surface area (Å²) < 4.78 is 5.40. The Morgan fingerprint density at radius 2 is 1.89 bits per heavy atom. The standard InChI is InChI=1S/C21H24N4O3/c1-14-9-16(12-17(10-14)25-7-5-24(2)6-8-25)22-21(27)15-3-4-18-19(11-15)28-13-20(26)23-18/h3-4,9-12H,5-8,13H2,1-2H3,(H,22,27)(H,23,26). The van der Waals surface area contributed by atoms with Crippen molar-refractivity contribution in [2.24, 2.45) is 0 Å². The monoisotopic (exact) mass is 380 g/mol. The molecule has 2 aliphatic heterocycles. The molecule has 2 N–H and O–H groups in total. The average Bonchev–Trinajstić information content (AvgIpc) is 2.67. The molecule has 146 valence electrons. The number of ether oxygens (including phenoxy) is 1. The highest BCUT2D eigenvalue weighted by Gasteiger charge is 2.19. The summed E-state index contributed by atoms with van der Waals surface area (Å²) in [5.74, 6) is 0.105. The number of hydrogen-bond donors (Lipinski definition) is 2. The van der Waals surface area contributed by atoms with Crippen LogP contribution in [0.5, 0.6) is 5.75 Å². The number of benzene rings is 2. The van der Waals surface area contributed by atoms with E-state index in [1.807, 2.05) is 19.1 Å². The zero-order valence-electron chi connectivity index (χ0n) is 16.1. The highest BCUT2D eigenvalue weighted by molar-refractivity contribution is 6.06. The van der Waals surface area contributed by atoms with Crippen molar-refractivity contribution < 1.29 is 14.3 Å². The van der Waals surface area contributed by atoms with Crippen molar-refractivity contribution in [1.29, 1.82) is 0 Å². The molecule has 0 unspecified atom stereocenters. The summed E-state index contributed by atoms with van der Waals surface area (Å²) in [6.07, 6.45) is 0. The predicted molar refractivity (Wildman–Crippen MR) is 109 cm³/mol. The molecule has 0 radical (unpaired) electrons. The average molecular weight is 380 g/mol. The van der Waals surface area contributed by atoms with Gasteiger partial charge >= 0.3 is 0 Å². The fourth-order valence-electron chi connectivity index (χ4n) is 3.50. The van der Waals surface area contributed by atoms with Gasteiger partial charge in [-0.3, -0.25) is 9.59 Å². The van der Waals surface area contributed by atoms with Crippen LogP contribution in [0.3, 0.4) is 0 Å². The quantitative estimate of drug-likeness (QED) is 0.855. The molecule has 2 aliphatic rings. The van der Waals surface area contributed by atoms with Gasteiger partial charge in [0.05, 0.1) is 5.69 Å². The van der Waals surface area contributed by atoms with Gasteiger partial charge in [0.25, 0.3) is 11.8 Å². The van der Waals surface area contributed by atoms with E-state index in [1.165, 1.54) is 0 Å². The molecule has 1 saturated heterocycles. The minimum atomic E-state index is -0.210. The predicted octanol–water partition coefficient (Wildman–Crippen LogP) is 2.33. The Labute approximate surface area is 164 Å². The Morgan fingerprint density at radius 1 is 1.11 bits per heavy atom. The second-order valence-corrected chi connectivity index (χ2v) is 7.35. The number of likely N-dealkylation sites (N-methyl/N-ethyl adjacent to an activating group) is 1. The molecule has 2 aromatic rings. The van der Waals surface area contributed by atoms with Crippen LogP contribution in [0.1, 0.15) is 15.9 Å². The Kier molecular flexibility index (Phi) is 4.92. The maximum absolute atomic E-state index is 12.7. The number of rotatable bonds is 3. The number of fused-ring (bicyclic) bond motifs is 1. The molecule has 7 nitrogen and oxygen atoms in total. The summed E-state index contributed by atoms with van der Waals surface area (Å²) in [6, 6.07) is 11.2. The van der Waals surface area contributed by atoms with Crippen LogP contribution < -0.4 is 20.3 Å². The molecule has 28 heavy (non-hydrogen) atoms. The second kappa shape index (κ2) is 7.52. The van der Waals surface area contributed by atoms with Crippen LogP contribution in [0.4, 0.5) is 17.1 Å². The molecular formula is C21H24N4O3. The van der Waals surface area contributed by atoms with E-state index >= 15 is 0 Å². The van der Waals surface area contributed by atoms with Crippen molar-refractivity contribution in [3.05, 3.63) is 47.5 Å². The summed E-state index contributed by atoms with van der Waals surface area (Å²) in [5, 5.41) is 5.71. The maximum atomic E-state index is 12.7. The second-order valence-electron chi connectivity index (χ2n) is 7.35. The summed E-state index contributed by atoms with van der Waals surface area (Å²) in [7, 11) is 2.13. The third-order valence-corrected chi connectivity index (χ3v) is 5.07. The Balaban J connectivity index is 1.51. The van der Waals surface area contributed by atoms with Crippen LogP contribution in [-0.2, 0) is 4.79 Å². The molecule has 2 heterocycles. The first-order chi connectivity index (χ1) is 13.5. The molecular weight excluding hydrogens is 356 g/mol. The summed E-state index contributed by atoms with van der Waals surface area (Å²) in [4.78, 5) is 28.8. The van der Waals surface area contributed by atoms with Crippen molar-refractivity contribution in [2.75, 3.05) is 55.4 Å². The lowest BCUT2D eigenvalue weighted by atomic mass is 10.1. The van der Waals surface area contributed by atoms with E-state index in [4.69, 9.17) is 4.74 Å². The molecule has 7 heteroatoms. The van der Waals surface area contributed by atoms with E-state index in [1.54, 1.807) is 18.2 Å². The Hall–Kier alpha value is -3.06. The third-order valence-electron chi connectivity index (χ3n) is 5.07. The first kappa shape index (κ1) is 18.3. The minimum absolute atomic E-state index is 0.0374. The van der Waals surface area contributed by atoms with Gasteiger partial charge in [0, 0.05) is 43.1 Å². The summed E-state index contributed by atoms with van der Waals surface area (Å²) in [6.45, 7) is 6.00. The first-order valence-corrected chi connectivity index (χ1v) is 9.41. The largest absolute Gasteiger partial charge is 0.482 e. The van der Waals surface area contributed by atoms with Gasteiger partial charge in [-0.15, -0.1) is 0 Å². The highest BCUT2D eigenvalue weighted by atomic mass is 16.5. The lowest BCUT2D eigenvalue weighted by molar-refractivity contribution is -0.118. The van der Waals surface area contributed by atoms with Crippen LogP contribution in [-0.4, -0.2) is 56.5 Å². The zero-order valence-corrected chi connectivity index (χ0v) is 16.1. The van der Waals surface area contributed by atoms with Crippen molar-refractivity contribution in [3.8, 4) is 5.75 Å². The Morgan fingerprint density at radius 3 is 2.68 bits per heavy atom. The smallest absolute Gasteiger partial charge is 0.262 e. The molecule has 0 atom stereocenters. The van der Waals surface area contributed by atoms with E-state index in [0.717, 1.165) is 43.1 Å². The molecule has 2 amide bonds.